The van der Waals surface area contributed by atoms with E-state index >= 15 is 0 Å². The fourth-order valence-corrected chi connectivity index (χ4v) is 3.02. The Labute approximate surface area is 134 Å². The molecular weight excluding hydrogens is 315 g/mol. The normalized spacial score (nSPS) is 12.2. The first-order valence-corrected chi connectivity index (χ1v) is 7.43. The van der Waals surface area contributed by atoms with Gasteiger partial charge in [0.2, 0.25) is 0 Å². The van der Waals surface area contributed by atoms with Crippen LogP contribution in [-0.2, 0) is 6.42 Å². The monoisotopic (exact) mass is 328 g/mol. The second-order valence-corrected chi connectivity index (χ2v) is 5.95. The van der Waals surface area contributed by atoms with E-state index in [0.717, 1.165) is 5.56 Å². The first-order valence-electron chi connectivity index (χ1n) is 6.24. The zero-order valence-electron chi connectivity index (χ0n) is 11.3. The van der Waals surface area contributed by atoms with Gasteiger partial charge in [0.25, 0.3) is 0 Å². The molecule has 0 saturated carbocycles. The molecule has 2 aromatic carbocycles. The molecule has 0 aliphatic rings. The highest BCUT2D eigenvalue weighted by Gasteiger charge is 2.16. The molecule has 4 heteroatoms. The molecule has 1 nitrogen and oxygen atoms in total. The highest BCUT2D eigenvalue weighted by Crippen LogP contribution is 2.37. The number of ether oxygens (including phenoxy) is 1. The number of hydrogen-bond acceptors (Lipinski definition) is 1. The summed E-state index contributed by atoms with van der Waals surface area (Å²) in [4.78, 5) is 0. The molecule has 0 saturated heterocycles. The molecule has 0 heterocycles. The molecule has 106 valence electrons. The Bertz CT molecular complexity index is 611. The predicted octanol–water partition coefficient (Wildman–Crippen LogP) is 5.83. The summed E-state index contributed by atoms with van der Waals surface area (Å²) in [6.07, 6.45) is 0.705. The van der Waals surface area contributed by atoms with Gasteiger partial charge < -0.3 is 4.74 Å². The van der Waals surface area contributed by atoms with Gasteiger partial charge in [0.1, 0.15) is 5.75 Å². The van der Waals surface area contributed by atoms with Crippen molar-refractivity contribution in [3.63, 3.8) is 0 Å². The van der Waals surface area contributed by atoms with Crippen molar-refractivity contribution in [3.8, 4) is 5.75 Å². The van der Waals surface area contributed by atoms with Gasteiger partial charge in [-0.15, -0.1) is 11.6 Å². The average molecular weight is 330 g/mol. The summed E-state index contributed by atoms with van der Waals surface area (Å²) in [6, 6.07) is 11.6. The Morgan fingerprint density at radius 2 is 1.80 bits per heavy atom. The predicted molar refractivity (Wildman–Crippen MR) is 86.5 cm³/mol. The van der Waals surface area contributed by atoms with E-state index in [9.17, 15) is 0 Å². The van der Waals surface area contributed by atoms with Crippen LogP contribution in [0, 0.1) is 6.92 Å². The number of halogens is 3. The summed E-state index contributed by atoms with van der Waals surface area (Å²) in [7, 11) is 1.56. The smallest absolute Gasteiger partial charge is 0.138 e. The number of aryl methyl sites for hydroxylation is 1. The fraction of sp³-hybridized carbons (Fsp3) is 0.250. The van der Waals surface area contributed by atoms with Crippen molar-refractivity contribution in [3.05, 3.63) is 63.1 Å². The van der Waals surface area contributed by atoms with E-state index in [-0.39, 0.29) is 5.38 Å². The minimum atomic E-state index is -0.230. The molecule has 20 heavy (non-hydrogen) atoms. The maximum Gasteiger partial charge on any atom is 0.138 e. The third-order valence-corrected chi connectivity index (χ3v) is 4.28. The number of rotatable bonds is 4. The molecular formula is C16H15Cl3O. The van der Waals surface area contributed by atoms with E-state index in [0.29, 0.717) is 22.2 Å². The molecule has 0 amide bonds. The van der Waals surface area contributed by atoms with Gasteiger partial charge in [0.05, 0.1) is 17.5 Å². The molecule has 0 bridgehead atoms. The van der Waals surface area contributed by atoms with Gasteiger partial charge in [-0.3, -0.25) is 0 Å². The maximum atomic E-state index is 6.50. The van der Waals surface area contributed by atoms with Crippen molar-refractivity contribution >= 4 is 34.8 Å². The summed E-state index contributed by atoms with van der Waals surface area (Å²) in [5.74, 6) is 0.556. The minimum Gasteiger partial charge on any atom is -0.495 e. The van der Waals surface area contributed by atoms with Crippen LogP contribution in [-0.4, -0.2) is 7.11 Å². The third-order valence-electron chi connectivity index (χ3n) is 3.27. The Kier molecular flexibility index (Phi) is 5.20. The topological polar surface area (TPSA) is 9.23 Å². The Hall–Kier alpha value is -0.890. The van der Waals surface area contributed by atoms with Crippen molar-refractivity contribution in [1.29, 1.82) is 0 Å². The number of alkyl halides is 1. The van der Waals surface area contributed by atoms with Crippen LogP contribution in [0.1, 0.15) is 22.1 Å². The van der Waals surface area contributed by atoms with Crippen molar-refractivity contribution in [1.82, 2.24) is 0 Å². The van der Waals surface area contributed by atoms with Crippen molar-refractivity contribution in [2.75, 3.05) is 7.11 Å². The maximum absolute atomic E-state index is 6.50. The quantitative estimate of drug-likeness (QED) is 0.641. The Morgan fingerprint density at radius 3 is 2.45 bits per heavy atom. The zero-order valence-corrected chi connectivity index (χ0v) is 13.6. The van der Waals surface area contributed by atoms with Crippen LogP contribution in [0.25, 0.3) is 0 Å². The van der Waals surface area contributed by atoms with Crippen LogP contribution in [0.4, 0.5) is 0 Å². The number of benzene rings is 2. The summed E-state index contributed by atoms with van der Waals surface area (Å²) in [6.45, 7) is 2.07. The van der Waals surface area contributed by atoms with Gasteiger partial charge in [0, 0.05) is 11.1 Å². The largest absolute Gasteiger partial charge is 0.495 e. The van der Waals surface area contributed by atoms with Gasteiger partial charge in [-0.2, -0.15) is 0 Å². The van der Waals surface area contributed by atoms with Gasteiger partial charge in [-0.1, -0.05) is 47.5 Å². The average Bonchev–Trinajstić information content (AvgIpc) is 2.43. The molecule has 0 aromatic heterocycles. The van der Waals surface area contributed by atoms with Gasteiger partial charge in [0.15, 0.2) is 0 Å². The molecule has 0 aliphatic heterocycles. The van der Waals surface area contributed by atoms with Crippen LogP contribution >= 0.6 is 34.8 Å². The molecule has 2 rings (SSSR count). The summed E-state index contributed by atoms with van der Waals surface area (Å²) < 4.78 is 5.14. The second kappa shape index (κ2) is 6.71. The Balaban J connectivity index is 2.28. The van der Waals surface area contributed by atoms with Crippen LogP contribution in [0.2, 0.25) is 10.0 Å². The lowest BCUT2D eigenvalue weighted by atomic mass is 10.00. The van der Waals surface area contributed by atoms with Crippen LogP contribution in [0.15, 0.2) is 36.4 Å². The number of hydrogen-bond donors (Lipinski definition) is 0. The lowest BCUT2D eigenvalue weighted by Gasteiger charge is -2.15. The first kappa shape index (κ1) is 15.5. The molecule has 2 aromatic rings. The molecule has 0 radical (unpaired) electrons. The van der Waals surface area contributed by atoms with Crippen LogP contribution in [0.5, 0.6) is 5.75 Å². The van der Waals surface area contributed by atoms with Gasteiger partial charge in [-0.25, -0.2) is 0 Å². The molecule has 0 aliphatic carbocycles. The third kappa shape index (κ3) is 3.41. The number of methoxy groups -OCH3 is 1. The highest BCUT2D eigenvalue weighted by molar-refractivity contribution is 6.35. The second-order valence-electron chi connectivity index (χ2n) is 4.61. The van der Waals surface area contributed by atoms with E-state index in [1.807, 2.05) is 12.1 Å². The molecule has 0 spiro atoms. The molecule has 1 atom stereocenters. The van der Waals surface area contributed by atoms with E-state index in [1.54, 1.807) is 19.2 Å². The van der Waals surface area contributed by atoms with Crippen molar-refractivity contribution in [2.45, 2.75) is 18.7 Å². The van der Waals surface area contributed by atoms with Crippen molar-refractivity contribution < 1.29 is 4.74 Å². The fourth-order valence-electron chi connectivity index (χ4n) is 2.08. The zero-order chi connectivity index (χ0) is 14.7. The SMILES string of the molecule is COc1cc(Cl)c(C(Cl)Cc2ccccc2C)cc1Cl. The lowest BCUT2D eigenvalue weighted by Crippen LogP contribution is -1.99. The standard InChI is InChI=1S/C16H15Cl3O/c1-10-5-3-4-6-11(10)7-13(17)12-8-15(19)16(20-2)9-14(12)18/h3-6,8-9,13H,7H2,1-2H3. The molecule has 1 unspecified atom stereocenters. The lowest BCUT2D eigenvalue weighted by molar-refractivity contribution is 0.415. The first-order chi connectivity index (χ1) is 9.52. The van der Waals surface area contributed by atoms with E-state index in [2.05, 4.69) is 19.1 Å². The van der Waals surface area contributed by atoms with E-state index < -0.39 is 0 Å². The summed E-state index contributed by atoms with van der Waals surface area (Å²) in [5.41, 5.74) is 3.24. The summed E-state index contributed by atoms with van der Waals surface area (Å²) in [5, 5.41) is 0.856. The van der Waals surface area contributed by atoms with E-state index in [1.165, 1.54) is 11.1 Å². The Morgan fingerprint density at radius 1 is 1.10 bits per heavy atom. The van der Waals surface area contributed by atoms with Crippen LogP contribution < -0.4 is 4.74 Å². The van der Waals surface area contributed by atoms with Crippen molar-refractivity contribution in [2.24, 2.45) is 0 Å². The highest BCUT2D eigenvalue weighted by atomic mass is 35.5. The van der Waals surface area contributed by atoms with Gasteiger partial charge >= 0.3 is 0 Å². The molecule has 0 N–H and O–H groups in total. The minimum absolute atomic E-state index is 0.230. The molecule has 0 fully saturated rings. The van der Waals surface area contributed by atoms with E-state index in [4.69, 9.17) is 39.5 Å². The van der Waals surface area contributed by atoms with Crippen LogP contribution in [0.3, 0.4) is 0 Å². The van der Waals surface area contributed by atoms with Gasteiger partial charge in [-0.05, 0) is 36.1 Å². The summed E-state index contributed by atoms with van der Waals surface area (Å²) >= 11 is 18.9.